The molecule has 1 aliphatic rings. The first-order valence-corrected chi connectivity index (χ1v) is 5.91. The molecular weight excluding hydrogens is 285 g/mol. The van der Waals surface area contributed by atoms with Gasteiger partial charge in [-0.15, -0.1) is 0 Å². The number of carbonyl (C=O) groups excluding carboxylic acids is 1. The molecule has 0 spiro atoms. The summed E-state index contributed by atoms with van der Waals surface area (Å²) in [6, 6.07) is 0.754. The summed E-state index contributed by atoms with van der Waals surface area (Å²) in [5.41, 5.74) is -1.04. The Hall–Kier alpha value is -1.34. The molecule has 2 heterocycles. The lowest BCUT2D eigenvalue weighted by Gasteiger charge is -2.14. The highest BCUT2D eigenvalue weighted by molar-refractivity contribution is 6.34. The van der Waals surface area contributed by atoms with Crippen molar-refractivity contribution in [3.05, 3.63) is 22.8 Å². The van der Waals surface area contributed by atoms with E-state index in [0.717, 1.165) is 18.7 Å². The van der Waals surface area contributed by atoms with E-state index in [1.807, 2.05) is 0 Å². The second-order valence-electron chi connectivity index (χ2n) is 4.01. The zero-order chi connectivity index (χ0) is 14.0. The molecule has 1 atom stereocenters. The molecule has 0 radical (unpaired) electrons. The molecule has 1 fully saturated rings. The van der Waals surface area contributed by atoms with E-state index in [9.17, 15) is 18.0 Å². The summed E-state index contributed by atoms with van der Waals surface area (Å²) in [7, 11) is 0. The summed E-state index contributed by atoms with van der Waals surface area (Å²) in [4.78, 5) is 15.4. The van der Waals surface area contributed by atoms with Gasteiger partial charge >= 0.3 is 6.18 Å². The van der Waals surface area contributed by atoms with Crippen molar-refractivity contribution in [1.82, 2.24) is 4.98 Å². The Labute approximate surface area is 111 Å². The van der Waals surface area contributed by atoms with Gasteiger partial charge in [-0.2, -0.15) is 13.2 Å². The summed E-state index contributed by atoms with van der Waals surface area (Å²) in [6.07, 6.45) is -3.04. The van der Waals surface area contributed by atoms with Gasteiger partial charge in [-0.3, -0.25) is 4.79 Å². The minimum absolute atomic E-state index is 0.308. The van der Waals surface area contributed by atoms with Gasteiger partial charge in [-0.1, -0.05) is 11.6 Å². The molecule has 0 aliphatic carbocycles. The van der Waals surface area contributed by atoms with Gasteiger partial charge in [0.05, 0.1) is 10.6 Å². The fraction of sp³-hybridized carbons (Fsp3) is 0.455. The van der Waals surface area contributed by atoms with Crippen LogP contribution >= 0.6 is 11.6 Å². The van der Waals surface area contributed by atoms with Crippen molar-refractivity contribution in [3.8, 4) is 0 Å². The summed E-state index contributed by atoms with van der Waals surface area (Å²) >= 11 is 5.61. The van der Waals surface area contributed by atoms with Crippen LogP contribution in [0.2, 0.25) is 5.02 Å². The number of carbonyl (C=O) groups is 1. The third-order valence-electron chi connectivity index (χ3n) is 2.66. The van der Waals surface area contributed by atoms with Gasteiger partial charge in [0, 0.05) is 12.8 Å². The Morgan fingerprint density at radius 3 is 2.84 bits per heavy atom. The van der Waals surface area contributed by atoms with Crippen molar-refractivity contribution in [2.24, 2.45) is 0 Å². The van der Waals surface area contributed by atoms with E-state index in [1.165, 1.54) is 0 Å². The molecule has 1 aromatic rings. The van der Waals surface area contributed by atoms with Gasteiger partial charge in [0.2, 0.25) is 0 Å². The van der Waals surface area contributed by atoms with Crippen molar-refractivity contribution in [2.75, 3.05) is 11.9 Å². The maximum Gasteiger partial charge on any atom is 0.418 e. The van der Waals surface area contributed by atoms with Crippen LogP contribution in [0.1, 0.15) is 18.4 Å². The SMILES string of the molecule is O=C(Nc1nccc(C(F)(F)F)c1Cl)[C@H]1CCCO1. The molecule has 1 saturated heterocycles. The Morgan fingerprint density at radius 1 is 1.53 bits per heavy atom. The number of nitrogens with zero attached hydrogens (tertiary/aromatic N) is 1. The van der Waals surface area contributed by atoms with E-state index in [-0.39, 0.29) is 5.82 Å². The van der Waals surface area contributed by atoms with E-state index in [2.05, 4.69) is 10.3 Å². The van der Waals surface area contributed by atoms with Crippen LogP contribution in [-0.2, 0) is 15.7 Å². The van der Waals surface area contributed by atoms with E-state index < -0.39 is 28.8 Å². The number of nitrogens with one attached hydrogen (secondary N) is 1. The van der Waals surface area contributed by atoms with Crippen molar-refractivity contribution in [3.63, 3.8) is 0 Å². The van der Waals surface area contributed by atoms with Gasteiger partial charge in [0.15, 0.2) is 5.82 Å². The molecule has 4 nitrogen and oxygen atoms in total. The minimum atomic E-state index is -4.59. The van der Waals surface area contributed by atoms with E-state index in [1.54, 1.807) is 0 Å². The van der Waals surface area contributed by atoms with Gasteiger partial charge in [-0.25, -0.2) is 4.98 Å². The lowest BCUT2D eigenvalue weighted by atomic mass is 10.2. The molecule has 1 aromatic heterocycles. The third kappa shape index (κ3) is 3.16. The van der Waals surface area contributed by atoms with Crippen molar-refractivity contribution < 1.29 is 22.7 Å². The number of anilines is 1. The maximum absolute atomic E-state index is 12.6. The second-order valence-corrected chi connectivity index (χ2v) is 4.39. The average Bonchev–Trinajstić information content (AvgIpc) is 2.83. The summed E-state index contributed by atoms with van der Waals surface area (Å²) in [5.74, 6) is -0.844. The van der Waals surface area contributed by atoms with Crippen LogP contribution in [0.15, 0.2) is 12.3 Å². The first kappa shape index (κ1) is 14.1. The van der Waals surface area contributed by atoms with Crippen LogP contribution in [0.25, 0.3) is 0 Å². The number of hydrogen-bond donors (Lipinski definition) is 1. The Balaban J connectivity index is 2.19. The smallest absolute Gasteiger partial charge is 0.368 e. The first-order chi connectivity index (χ1) is 8.89. The Kier molecular flexibility index (Phi) is 3.96. The lowest BCUT2D eigenvalue weighted by Crippen LogP contribution is -2.27. The number of alkyl halides is 3. The molecule has 104 valence electrons. The van der Waals surface area contributed by atoms with Crippen LogP contribution in [0.3, 0.4) is 0 Å². The molecule has 1 aliphatic heterocycles. The van der Waals surface area contributed by atoms with E-state index in [4.69, 9.17) is 16.3 Å². The number of rotatable bonds is 2. The molecule has 0 unspecified atom stereocenters. The average molecular weight is 295 g/mol. The van der Waals surface area contributed by atoms with Crippen molar-refractivity contribution in [1.29, 1.82) is 0 Å². The predicted molar refractivity (Wildman–Crippen MR) is 61.9 cm³/mol. The normalized spacial score (nSPS) is 19.5. The highest BCUT2D eigenvalue weighted by Crippen LogP contribution is 2.37. The molecule has 0 aromatic carbocycles. The van der Waals surface area contributed by atoms with Crippen LogP contribution in [0.5, 0.6) is 0 Å². The number of aromatic nitrogens is 1. The largest absolute Gasteiger partial charge is 0.418 e. The van der Waals surface area contributed by atoms with E-state index >= 15 is 0 Å². The van der Waals surface area contributed by atoms with E-state index in [0.29, 0.717) is 13.0 Å². The molecule has 8 heteroatoms. The number of amides is 1. The topological polar surface area (TPSA) is 51.2 Å². The van der Waals surface area contributed by atoms with Crippen LogP contribution in [0, 0.1) is 0 Å². The molecule has 19 heavy (non-hydrogen) atoms. The molecule has 1 N–H and O–H groups in total. The highest BCUT2D eigenvalue weighted by atomic mass is 35.5. The minimum Gasteiger partial charge on any atom is -0.368 e. The monoisotopic (exact) mass is 294 g/mol. The zero-order valence-corrected chi connectivity index (χ0v) is 10.4. The zero-order valence-electron chi connectivity index (χ0n) is 9.63. The van der Waals surface area contributed by atoms with Crippen LogP contribution in [-0.4, -0.2) is 23.6 Å². The standard InChI is InChI=1S/C11H10ClF3N2O2/c12-8-6(11(13,14)15)3-4-16-9(8)17-10(18)7-2-1-5-19-7/h3-4,7H,1-2,5H2,(H,16,17,18)/t7-/m1/s1. The lowest BCUT2D eigenvalue weighted by molar-refractivity contribution is -0.137. The van der Waals surface area contributed by atoms with Crippen LogP contribution in [0.4, 0.5) is 19.0 Å². The second kappa shape index (κ2) is 5.34. The fourth-order valence-electron chi connectivity index (χ4n) is 1.73. The quantitative estimate of drug-likeness (QED) is 0.912. The number of ether oxygens (including phenoxy) is 1. The number of pyridine rings is 1. The van der Waals surface area contributed by atoms with Crippen molar-refractivity contribution in [2.45, 2.75) is 25.1 Å². The third-order valence-corrected chi connectivity index (χ3v) is 3.04. The maximum atomic E-state index is 12.6. The molecule has 0 bridgehead atoms. The van der Waals surface area contributed by atoms with Crippen molar-refractivity contribution >= 4 is 23.3 Å². The summed E-state index contributed by atoms with van der Waals surface area (Å²) in [6.45, 7) is 0.460. The predicted octanol–water partition coefficient (Wildman–Crippen LogP) is 2.87. The molecule has 0 saturated carbocycles. The van der Waals surface area contributed by atoms with Crippen LogP contribution < -0.4 is 5.32 Å². The molecule has 1 amide bonds. The fourth-order valence-corrected chi connectivity index (χ4v) is 2.00. The highest BCUT2D eigenvalue weighted by Gasteiger charge is 2.35. The summed E-state index contributed by atoms with van der Waals surface area (Å²) < 4.78 is 43.0. The number of halogens is 4. The van der Waals surface area contributed by atoms with Gasteiger partial charge in [-0.05, 0) is 18.9 Å². The first-order valence-electron chi connectivity index (χ1n) is 5.54. The number of hydrogen-bond acceptors (Lipinski definition) is 3. The molecule has 2 rings (SSSR count). The molecular formula is C11H10ClF3N2O2. The summed E-state index contributed by atoms with van der Waals surface area (Å²) in [5, 5.41) is 1.63. The Morgan fingerprint density at radius 2 is 2.26 bits per heavy atom. The Bertz CT molecular complexity index is 487. The van der Waals surface area contributed by atoms with Gasteiger partial charge in [0.25, 0.3) is 5.91 Å². The van der Waals surface area contributed by atoms with Gasteiger partial charge < -0.3 is 10.1 Å². The van der Waals surface area contributed by atoms with Gasteiger partial charge in [0.1, 0.15) is 6.10 Å².